The van der Waals surface area contributed by atoms with Crippen LogP contribution < -0.4 is 10.5 Å². The van der Waals surface area contributed by atoms with E-state index in [2.05, 4.69) is 0 Å². The Kier molecular flexibility index (Phi) is 5.62. The molecule has 1 atom stereocenters. The Morgan fingerprint density at radius 1 is 1.26 bits per heavy atom. The molecule has 5 nitrogen and oxygen atoms in total. The molecule has 2 amide bonds. The predicted molar refractivity (Wildman–Crippen MR) is 89.7 cm³/mol. The third-order valence-corrected chi connectivity index (χ3v) is 3.34. The fourth-order valence-electron chi connectivity index (χ4n) is 1.85. The second-order valence-electron chi connectivity index (χ2n) is 4.91. The van der Waals surface area contributed by atoms with Crippen molar-refractivity contribution >= 4 is 23.7 Å². The van der Waals surface area contributed by atoms with Crippen LogP contribution >= 0.6 is 11.6 Å². The molecule has 0 aliphatic carbocycles. The predicted octanol–water partition coefficient (Wildman–Crippen LogP) is 4.30. The Morgan fingerprint density at radius 2 is 1.96 bits per heavy atom. The lowest BCUT2D eigenvalue weighted by atomic mass is 10.1. The lowest BCUT2D eigenvalue weighted by Crippen LogP contribution is -2.38. The first kappa shape index (κ1) is 16.9. The van der Waals surface area contributed by atoms with E-state index in [0.717, 1.165) is 5.56 Å². The first-order valence-electron chi connectivity index (χ1n) is 6.95. The van der Waals surface area contributed by atoms with Gasteiger partial charge in [0.25, 0.3) is 0 Å². The van der Waals surface area contributed by atoms with Gasteiger partial charge in [0.1, 0.15) is 11.5 Å². The second kappa shape index (κ2) is 7.67. The number of primary amides is 1. The number of ether oxygens (including phenoxy) is 1. The Hall–Kier alpha value is -2.50. The molecular formula is C17H17ClN2O3. The SMILES string of the molecule is C[C@H](/C=C/c1cccc(Oc2ccc(Cl)cc2)c1)N(O)C(N)=O. The summed E-state index contributed by atoms with van der Waals surface area (Å²) in [5.74, 6) is 1.34. The van der Waals surface area contributed by atoms with Gasteiger partial charge < -0.3 is 10.5 Å². The molecule has 120 valence electrons. The molecule has 0 radical (unpaired) electrons. The molecule has 23 heavy (non-hydrogen) atoms. The number of carbonyl (C=O) groups excluding carboxylic acids is 1. The first-order valence-corrected chi connectivity index (χ1v) is 7.33. The average molecular weight is 333 g/mol. The summed E-state index contributed by atoms with van der Waals surface area (Å²) >= 11 is 5.84. The van der Waals surface area contributed by atoms with Gasteiger partial charge in [-0.1, -0.05) is 35.9 Å². The van der Waals surface area contributed by atoms with Gasteiger partial charge >= 0.3 is 6.03 Å². The van der Waals surface area contributed by atoms with Gasteiger partial charge in [0.05, 0.1) is 6.04 Å². The van der Waals surface area contributed by atoms with E-state index in [1.165, 1.54) is 0 Å². The molecule has 0 saturated carbocycles. The van der Waals surface area contributed by atoms with Crippen LogP contribution in [0.25, 0.3) is 6.08 Å². The fraction of sp³-hybridized carbons (Fsp3) is 0.118. The zero-order valence-electron chi connectivity index (χ0n) is 12.5. The number of nitrogens with two attached hydrogens (primary N) is 1. The lowest BCUT2D eigenvalue weighted by molar-refractivity contribution is -0.0560. The van der Waals surface area contributed by atoms with Gasteiger partial charge in [-0.3, -0.25) is 5.21 Å². The minimum atomic E-state index is -0.901. The van der Waals surface area contributed by atoms with Crippen molar-refractivity contribution in [3.05, 3.63) is 65.2 Å². The third-order valence-electron chi connectivity index (χ3n) is 3.09. The zero-order chi connectivity index (χ0) is 16.8. The van der Waals surface area contributed by atoms with Crippen LogP contribution in [-0.4, -0.2) is 22.3 Å². The molecule has 2 rings (SSSR count). The van der Waals surface area contributed by atoms with Crippen molar-refractivity contribution in [2.75, 3.05) is 0 Å². The molecule has 0 unspecified atom stereocenters. The minimum Gasteiger partial charge on any atom is -0.457 e. The molecule has 0 saturated heterocycles. The van der Waals surface area contributed by atoms with Crippen molar-refractivity contribution in [2.24, 2.45) is 5.73 Å². The van der Waals surface area contributed by atoms with E-state index in [4.69, 9.17) is 22.1 Å². The summed E-state index contributed by atoms with van der Waals surface area (Å²) in [4.78, 5) is 10.9. The molecule has 0 spiro atoms. The molecule has 0 heterocycles. The van der Waals surface area contributed by atoms with Crippen LogP contribution in [0.15, 0.2) is 54.6 Å². The standard InChI is InChI=1S/C17H17ClN2O3/c1-12(20(22)17(19)21)5-6-13-3-2-4-16(11-13)23-15-9-7-14(18)8-10-15/h2-12,22H,1H3,(H2,19,21)/b6-5+/t12-/m1/s1. The van der Waals surface area contributed by atoms with E-state index in [-0.39, 0.29) is 0 Å². The van der Waals surface area contributed by atoms with Gasteiger partial charge in [-0.25, -0.2) is 4.79 Å². The van der Waals surface area contributed by atoms with Gasteiger partial charge in [-0.2, -0.15) is 5.06 Å². The highest BCUT2D eigenvalue weighted by Crippen LogP contribution is 2.24. The number of hydroxylamine groups is 2. The van der Waals surface area contributed by atoms with E-state index in [0.29, 0.717) is 21.6 Å². The molecule has 6 heteroatoms. The molecule has 2 aromatic rings. The van der Waals surface area contributed by atoms with Crippen LogP contribution in [0.5, 0.6) is 11.5 Å². The monoisotopic (exact) mass is 332 g/mol. The topological polar surface area (TPSA) is 75.8 Å². The normalized spacial score (nSPS) is 12.1. The number of carbonyl (C=O) groups is 1. The molecular weight excluding hydrogens is 316 g/mol. The third kappa shape index (κ3) is 5.02. The molecule has 3 N–H and O–H groups in total. The van der Waals surface area contributed by atoms with Gasteiger partial charge in [0, 0.05) is 5.02 Å². The summed E-state index contributed by atoms with van der Waals surface area (Å²) < 4.78 is 5.74. The van der Waals surface area contributed by atoms with Gasteiger partial charge in [-0.15, -0.1) is 0 Å². The van der Waals surface area contributed by atoms with Gasteiger partial charge in [0.2, 0.25) is 0 Å². The van der Waals surface area contributed by atoms with Crippen LogP contribution in [0.1, 0.15) is 12.5 Å². The minimum absolute atomic E-state index is 0.463. The number of hydrogen-bond donors (Lipinski definition) is 2. The summed E-state index contributed by atoms with van der Waals surface area (Å²) in [6.07, 6.45) is 3.43. The summed E-state index contributed by atoms with van der Waals surface area (Å²) in [7, 11) is 0. The summed E-state index contributed by atoms with van der Waals surface area (Å²) in [6, 6.07) is 13.0. The molecule has 2 aromatic carbocycles. The summed E-state index contributed by atoms with van der Waals surface area (Å²) in [5, 5.41) is 10.5. The molecule has 0 aliphatic heterocycles. The summed E-state index contributed by atoms with van der Waals surface area (Å²) in [5.41, 5.74) is 5.86. The maximum atomic E-state index is 10.9. The van der Waals surface area contributed by atoms with Gasteiger partial charge in [-0.05, 0) is 48.9 Å². The number of nitrogens with zero attached hydrogens (tertiary/aromatic N) is 1. The maximum Gasteiger partial charge on any atom is 0.339 e. The fourth-order valence-corrected chi connectivity index (χ4v) is 1.98. The summed E-state index contributed by atoms with van der Waals surface area (Å²) in [6.45, 7) is 1.65. The Morgan fingerprint density at radius 3 is 2.61 bits per heavy atom. The van der Waals surface area contributed by atoms with Crippen molar-refractivity contribution < 1.29 is 14.7 Å². The average Bonchev–Trinajstić information content (AvgIpc) is 2.54. The highest BCUT2D eigenvalue weighted by Gasteiger charge is 2.11. The van der Waals surface area contributed by atoms with Crippen LogP contribution in [0.3, 0.4) is 0 Å². The van der Waals surface area contributed by atoms with Crippen LogP contribution in [-0.2, 0) is 0 Å². The number of benzene rings is 2. The van der Waals surface area contributed by atoms with Crippen LogP contribution in [0.4, 0.5) is 4.79 Å². The number of rotatable bonds is 5. The van der Waals surface area contributed by atoms with E-state index in [9.17, 15) is 10.0 Å². The van der Waals surface area contributed by atoms with E-state index < -0.39 is 12.1 Å². The van der Waals surface area contributed by atoms with E-state index >= 15 is 0 Å². The van der Waals surface area contributed by atoms with Crippen molar-refractivity contribution in [1.82, 2.24) is 5.06 Å². The Bertz CT molecular complexity index is 701. The quantitative estimate of drug-likeness (QED) is 0.633. The number of urea groups is 1. The lowest BCUT2D eigenvalue weighted by Gasteiger charge is -2.16. The largest absolute Gasteiger partial charge is 0.457 e. The second-order valence-corrected chi connectivity index (χ2v) is 5.35. The molecule has 0 bridgehead atoms. The Labute approximate surface area is 139 Å². The number of hydrogen-bond acceptors (Lipinski definition) is 3. The van der Waals surface area contributed by atoms with Crippen LogP contribution in [0, 0.1) is 0 Å². The van der Waals surface area contributed by atoms with Crippen molar-refractivity contribution in [3.63, 3.8) is 0 Å². The van der Waals surface area contributed by atoms with Crippen LogP contribution in [0.2, 0.25) is 5.02 Å². The van der Waals surface area contributed by atoms with Crippen molar-refractivity contribution in [3.8, 4) is 11.5 Å². The highest BCUT2D eigenvalue weighted by molar-refractivity contribution is 6.30. The maximum absolute atomic E-state index is 10.9. The Balaban J connectivity index is 2.07. The smallest absolute Gasteiger partial charge is 0.339 e. The van der Waals surface area contributed by atoms with Gasteiger partial charge in [0.15, 0.2) is 0 Å². The number of amides is 2. The first-order chi connectivity index (χ1) is 11.0. The van der Waals surface area contributed by atoms with E-state index in [1.54, 1.807) is 43.3 Å². The van der Waals surface area contributed by atoms with E-state index in [1.807, 2.05) is 24.3 Å². The molecule has 0 aromatic heterocycles. The van der Waals surface area contributed by atoms with Crippen molar-refractivity contribution in [2.45, 2.75) is 13.0 Å². The highest BCUT2D eigenvalue weighted by atomic mass is 35.5. The zero-order valence-corrected chi connectivity index (χ0v) is 13.3. The number of halogens is 1. The van der Waals surface area contributed by atoms with Crippen molar-refractivity contribution in [1.29, 1.82) is 0 Å². The molecule has 0 aliphatic rings. The molecule has 0 fully saturated rings.